The number of aromatic amines is 1. The molecule has 3 N–H and O–H groups in total. The van der Waals surface area contributed by atoms with Gasteiger partial charge in [-0.25, -0.2) is 4.79 Å². The van der Waals surface area contributed by atoms with Crippen molar-refractivity contribution in [2.75, 3.05) is 13.2 Å². The molecule has 3 aromatic carbocycles. The Kier molecular flexibility index (Phi) is 7.20. The molecule has 0 saturated heterocycles. The van der Waals surface area contributed by atoms with Gasteiger partial charge in [0.1, 0.15) is 5.75 Å². The van der Waals surface area contributed by atoms with Gasteiger partial charge in [-0.05, 0) is 66.3 Å². The summed E-state index contributed by atoms with van der Waals surface area (Å²) in [6.07, 6.45) is 3.21. The van der Waals surface area contributed by atoms with Crippen LogP contribution in [0.15, 0.2) is 60.8 Å². The molecule has 0 radical (unpaired) electrons. The third-order valence-electron chi connectivity index (χ3n) is 6.12. The highest BCUT2D eigenvalue weighted by molar-refractivity contribution is 6.10. The van der Waals surface area contributed by atoms with E-state index < -0.39 is 11.9 Å². The van der Waals surface area contributed by atoms with Crippen LogP contribution < -0.4 is 10.1 Å². The van der Waals surface area contributed by atoms with Crippen LogP contribution in [-0.2, 0) is 6.42 Å². The molecule has 0 unspecified atom stereocenters. The van der Waals surface area contributed by atoms with Gasteiger partial charge in [-0.1, -0.05) is 43.3 Å². The van der Waals surface area contributed by atoms with Crippen LogP contribution in [0.1, 0.15) is 57.7 Å². The molecular formula is C29H30N2O4. The normalized spacial score (nSPS) is 10.9. The van der Waals surface area contributed by atoms with Gasteiger partial charge >= 0.3 is 5.97 Å². The van der Waals surface area contributed by atoms with Gasteiger partial charge in [0, 0.05) is 30.1 Å². The number of para-hydroxylation sites is 1. The lowest BCUT2D eigenvalue weighted by molar-refractivity contribution is 0.0690. The van der Waals surface area contributed by atoms with Crippen molar-refractivity contribution in [3.63, 3.8) is 0 Å². The number of carboxylic acids is 1. The van der Waals surface area contributed by atoms with E-state index >= 15 is 0 Å². The molecule has 0 spiro atoms. The Morgan fingerprint density at radius 3 is 2.46 bits per heavy atom. The molecular weight excluding hydrogens is 440 g/mol. The van der Waals surface area contributed by atoms with E-state index in [4.69, 9.17) is 4.74 Å². The molecule has 0 aliphatic rings. The average Bonchev–Trinajstić information content (AvgIpc) is 3.26. The first-order chi connectivity index (χ1) is 16.9. The predicted molar refractivity (Wildman–Crippen MR) is 138 cm³/mol. The molecule has 1 amide bonds. The largest absolute Gasteiger partial charge is 0.494 e. The Morgan fingerprint density at radius 2 is 1.77 bits per heavy atom. The summed E-state index contributed by atoms with van der Waals surface area (Å²) >= 11 is 0. The Labute approximate surface area is 205 Å². The summed E-state index contributed by atoms with van der Waals surface area (Å²) in [5.74, 6) is -0.776. The van der Waals surface area contributed by atoms with Crippen molar-refractivity contribution < 1.29 is 19.4 Å². The van der Waals surface area contributed by atoms with Crippen molar-refractivity contribution >= 4 is 22.8 Å². The first-order valence-electron chi connectivity index (χ1n) is 11.9. The zero-order valence-electron chi connectivity index (χ0n) is 20.3. The van der Waals surface area contributed by atoms with Crippen molar-refractivity contribution in [1.29, 1.82) is 0 Å². The molecule has 1 heterocycles. The first-order valence-corrected chi connectivity index (χ1v) is 11.9. The van der Waals surface area contributed by atoms with Crippen molar-refractivity contribution in [3.8, 4) is 16.9 Å². The third-order valence-corrected chi connectivity index (χ3v) is 6.12. The highest BCUT2D eigenvalue weighted by atomic mass is 16.5. The number of ether oxygens (including phenoxy) is 1. The van der Waals surface area contributed by atoms with Gasteiger partial charge in [-0.15, -0.1) is 0 Å². The number of carbonyl (C=O) groups is 2. The fraction of sp³-hybridized carbons (Fsp3) is 0.241. The zero-order chi connectivity index (χ0) is 24.9. The monoisotopic (exact) mass is 470 g/mol. The van der Waals surface area contributed by atoms with Crippen LogP contribution in [0.5, 0.6) is 5.75 Å². The molecule has 0 fully saturated rings. The summed E-state index contributed by atoms with van der Waals surface area (Å²) in [7, 11) is 0. The summed E-state index contributed by atoms with van der Waals surface area (Å²) in [5, 5.41) is 14.2. The average molecular weight is 471 g/mol. The van der Waals surface area contributed by atoms with Gasteiger partial charge in [0.2, 0.25) is 0 Å². The molecule has 180 valence electrons. The summed E-state index contributed by atoms with van der Waals surface area (Å²) in [6, 6.07) is 17.3. The van der Waals surface area contributed by atoms with E-state index in [1.165, 1.54) is 0 Å². The summed E-state index contributed by atoms with van der Waals surface area (Å²) in [6.45, 7) is 6.78. The second-order valence-electron chi connectivity index (χ2n) is 8.54. The number of carboxylic acid groups (broad SMARTS) is 1. The Morgan fingerprint density at radius 1 is 1.03 bits per heavy atom. The fourth-order valence-corrected chi connectivity index (χ4v) is 4.45. The highest BCUT2D eigenvalue weighted by Crippen LogP contribution is 2.34. The van der Waals surface area contributed by atoms with E-state index in [9.17, 15) is 14.7 Å². The fourth-order valence-electron chi connectivity index (χ4n) is 4.45. The second kappa shape index (κ2) is 10.5. The second-order valence-corrected chi connectivity index (χ2v) is 8.54. The van der Waals surface area contributed by atoms with Gasteiger partial charge in [0.05, 0.1) is 17.7 Å². The summed E-state index contributed by atoms with van der Waals surface area (Å²) in [4.78, 5) is 29.1. The topological polar surface area (TPSA) is 91.4 Å². The Balaban J connectivity index is 1.88. The number of fused-ring (bicyclic) bond motifs is 1. The lowest BCUT2D eigenvalue weighted by Crippen LogP contribution is -2.27. The maximum absolute atomic E-state index is 13.2. The molecule has 6 heteroatoms. The number of aromatic carboxylic acids is 1. The van der Waals surface area contributed by atoms with Crippen LogP contribution >= 0.6 is 0 Å². The number of rotatable bonds is 9. The van der Waals surface area contributed by atoms with Crippen molar-refractivity contribution in [1.82, 2.24) is 10.3 Å². The molecule has 0 bridgehead atoms. The molecule has 0 atom stereocenters. The summed E-state index contributed by atoms with van der Waals surface area (Å²) in [5.41, 5.74) is 5.01. The van der Waals surface area contributed by atoms with Gasteiger partial charge in [-0.3, -0.25) is 4.79 Å². The first kappa shape index (κ1) is 24.1. The van der Waals surface area contributed by atoms with Crippen LogP contribution in [-0.4, -0.2) is 35.1 Å². The van der Waals surface area contributed by atoms with Gasteiger partial charge in [-0.2, -0.15) is 0 Å². The number of carbonyl (C=O) groups excluding carboxylic acids is 1. The minimum absolute atomic E-state index is 0.0440. The maximum Gasteiger partial charge on any atom is 0.336 e. The predicted octanol–water partition coefficient (Wildman–Crippen LogP) is 5.97. The maximum atomic E-state index is 13.2. The zero-order valence-corrected chi connectivity index (χ0v) is 20.3. The molecule has 4 aromatic rings. The number of aromatic nitrogens is 1. The number of nitrogens with one attached hydrogen (secondary N) is 2. The number of H-pyrrole nitrogens is 1. The van der Waals surface area contributed by atoms with Crippen LogP contribution in [0.25, 0.3) is 22.0 Å². The van der Waals surface area contributed by atoms with Crippen LogP contribution in [0.4, 0.5) is 0 Å². The van der Waals surface area contributed by atoms with Crippen LogP contribution in [0, 0.1) is 6.92 Å². The summed E-state index contributed by atoms with van der Waals surface area (Å²) < 4.78 is 5.68. The van der Waals surface area contributed by atoms with E-state index in [2.05, 4.69) is 10.3 Å². The number of aryl methyl sites for hydroxylation is 1. The quantitative estimate of drug-likeness (QED) is 0.281. The van der Waals surface area contributed by atoms with Crippen LogP contribution in [0.2, 0.25) is 0 Å². The van der Waals surface area contributed by atoms with Crippen molar-refractivity contribution in [2.45, 2.75) is 33.6 Å². The number of hydrogen-bond acceptors (Lipinski definition) is 3. The lowest BCUT2D eigenvalue weighted by Gasteiger charge is -2.19. The third kappa shape index (κ3) is 4.92. The van der Waals surface area contributed by atoms with Crippen molar-refractivity contribution in [3.05, 3.63) is 88.6 Å². The lowest BCUT2D eigenvalue weighted by atomic mass is 9.85. The Hall–Kier alpha value is -4.06. The van der Waals surface area contributed by atoms with E-state index in [-0.39, 0.29) is 11.1 Å². The minimum Gasteiger partial charge on any atom is -0.494 e. The number of benzene rings is 3. The standard InChI is InChI=1S/C29H30N2O4/c1-4-14-35-21-12-10-19(11-13-21)24-15-18(3)23(27(29(33)34)26(24)28(32)30-5-2)16-20-17-31-25-9-7-6-8-22(20)25/h6-13,15,17,31H,4-5,14,16H2,1-3H3,(H,30,32)(H,33,34). The van der Waals surface area contributed by atoms with Gasteiger partial charge < -0.3 is 20.1 Å². The molecule has 0 aliphatic carbocycles. The SMILES string of the molecule is CCCOc1ccc(-c2cc(C)c(Cc3c[nH]c4ccccc34)c(C(=O)O)c2C(=O)NCC)cc1. The van der Waals surface area contributed by atoms with Crippen molar-refractivity contribution in [2.24, 2.45) is 0 Å². The molecule has 35 heavy (non-hydrogen) atoms. The molecule has 0 aliphatic heterocycles. The van der Waals surface area contributed by atoms with Crippen LogP contribution in [0.3, 0.4) is 0 Å². The smallest absolute Gasteiger partial charge is 0.336 e. The minimum atomic E-state index is -1.12. The molecule has 1 aromatic heterocycles. The van der Waals surface area contributed by atoms with E-state index in [1.54, 1.807) is 0 Å². The van der Waals surface area contributed by atoms with E-state index in [1.807, 2.05) is 81.6 Å². The molecule has 0 saturated carbocycles. The Bertz CT molecular complexity index is 1370. The van der Waals surface area contributed by atoms with E-state index in [0.29, 0.717) is 30.7 Å². The molecule has 6 nitrogen and oxygen atoms in total. The van der Waals surface area contributed by atoms with Gasteiger partial charge in [0.25, 0.3) is 5.91 Å². The van der Waals surface area contributed by atoms with E-state index in [0.717, 1.165) is 39.8 Å². The molecule has 4 rings (SSSR count). The highest BCUT2D eigenvalue weighted by Gasteiger charge is 2.27. The number of hydrogen-bond donors (Lipinski definition) is 3. The van der Waals surface area contributed by atoms with Gasteiger partial charge in [0.15, 0.2) is 0 Å². The number of amides is 1.